The molecule has 0 bridgehead atoms. The fourth-order valence-corrected chi connectivity index (χ4v) is 3.34. The van der Waals surface area contributed by atoms with Crippen molar-refractivity contribution in [2.75, 3.05) is 0 Å². The maximum absolute atomic E-state index is 13.8. The van der Waals surface area contributed by atoms with E-state index in [0.29, 0.717) is 29.3 Å². The minimum Gasteiger partial charge on any atom is -0.318 e. The lowest BCUT2D eigenvalue weighted by atomic mass is 10.2. The van der Waals surface area contributed by atoms with E-state index in [0.717, 1.165) is 11.0 Å². The molecule has 2 aromatic heterocycles. The fraction of sp³-hybridized carbons (Fsp3) is 0.0455. The van der Waals surface area contributed by atoms with Crippen LogP contribution in [-0.4, -0.2) is 24.5 Å². The quantitative estimate of drug-likeness (QED) is 0.452. The van der Waals surface area contributed by atoms with Crippen molar-refractivity contribution in [2.45, 2.75) is 6.54 Å². The zero-order chi connectivity index (χ0) is 19.8. The third kappa shape index (κ3) is 3.27. The number of aromatic nitrogens is 5. The number of imidazole rings is 1. The van der Waals surface area contributed by atoms with E-state index < -0.39 is 0 Å². The molecule has 0 saturated heterocycles. The highest BCUT2D eigenvalue weighted by Crippen LogP contribution is 2.26. The van der Waals surface area contributed by atoms with Gasteiger partial charge in [0.1, 0.15) is 23.2 Å². The molecule has 7 heteroatoms. The van der Waals surface area contributed by atoms with Crippen LogP contribution in [0.5, 0.6) is 0 Å². The van der Waals surface area contributed by atoms with Crippen LogP contribution >= 0.6 is 0 Å². The second-order valence-corrected chi connectivity index (χ2v) is 6.65. The molecule has 0 aliphatic carbocycles. The third-order valence-electron chi connectivity index (χ3n) is 4.69. The lowest BCUT2D eigenvalue weighted by Gasteiger charge is -2.07. The maximum atomic E-state index is 13.8. The van der Waals surface area contributed by atoms with Crippen LogP contribution in [0.4, 0.5) is 8.78 Å². The van der Waals surface area contributed by atoms with E-state index in [4.69, 9.17) is 4.98 Å². The molecule has 0 aliphatic rings. The van der Waals surface area contributed by atoms with Crippen LogP contribution < -0.4 is 0 Å². The second kappa shape index (κ2) is 6.94. The predicted molar refractivity (Wildman–Crippen MR) is 106 cm³/mol. The second-order valence-electron chi connectivity index (χ2n) is 6.65. The lowest BCUT2D eigenvalue weighted by molar-refractivity contribution is 0.626. The van der Waals surface area contributed by atoms with Gasteiger partial charge in [-0.3, -0.25) is 0 Å². The molecule has 5 rings (SSSR count). The number of rotatable bonds is 4. The number of halogens is 2. The summed E-state index contributed by atoms with van der Waals surface area (Å²) in [6.07, 6.45) is 1.79. The van der Waals surface area contributed by atoms with Gasteiger partial charge in [0, 0.05) is 5.56 Å². The Morgan fingerprint density at radius 3 is 2.48 bits per heavy atom. The number of fused-ring (bicyclic) bond motifs is 1. The smallest absolute Gasteiger partial charge is 0.141 e. The van der Waals surface area contributed by atoms with Gasteiger partial charge in [0.25, 0.3) is 0 Å². The van der Waals surface area contributed by atoms with Crippen molar-refractivity contribution in [2.24, 2.45) is 0 Å². The highest BCUT2D eigenvalue weighted by Gasteiger charge is 2.15. The van der Waals surface area contributed by atoms with Crippen molar-refractivity contribution in [3.63, 3.8) is 0 Å². The number of hydrogen-bond acceptors (Lipinski definition) is 3. The summed E-state index contributed by atoms with van der Waals surface area (Å²) >= 11 is 0. The molecule has 0 unspecified atom stereocenters. The fourth-order valence-electron chi connectivity index (χ4n) is 3.34. The Balaban J connectivity index is 1.57. The molecule has 0 N–H and O–H groups in total. The first-order valence-corrected chi connectivity index (χ1v) is 9.06. The van der Waals surface area contributed by atoms with E-state index in [9.17, 15) is 8.78 Å². The van der Waals surface area contributed by atoms with E-state index >= 15 is 0 Å². The topological polar surface area (TPSA) is 48.5 Å². The van der Waals surface area contributed by atoms with Gasteiger partial charge >= 0.3 is 0 Å². The van der Waals surface area contributed by atoms with Gasteiger partial charge in [-0.25, -0.2) is 18.4 Å². The van der Waals surface area contributed by atoms with Crippen molar-refractivity contribution in [1.82, 2.24) is 24.5 Å². The maximum Gasteiger partial charge on any atom is 0.141 e. The number of hydrogen-bond donors (Lipinski definition) is 0. The van der Waals surface area contributed by atoms with Crippen LogP contribution in [0.3, 0.4) is 0 Å². The van der Waals surface area contributed by atoms with Crippen molar-refractivity contribution in [3.8, 4) is 17.1 Å². The van der Waals surface area contributed by atoms with E-state index in [1.165, 1.54) is 24.3 Å². The molecule has 0 aliphatic heterocycles. The van der Waals surface area contributed by atoms with Crippen LogP contribution in [0.2, 0.25) is 0 Å². The highest BCUT2D eigenvalue weighted by molar-refractivity contribution is 5.80. The van der Waals surface area contributed by atoms with Crippen molar-refractivity contribution >= 4 is 11.0 Å². The molecule has 5 nitrogen and oxygen atoms in total. The molecule has 0 amide bonds. The van der Waals surface area contributed by atoms with Gasteiger partial charge in [-0.15, -0.1) is 5.10 Å². The monoisotopic (exact) mass is 387 g/mol. The molecule has 142 valence electrons. The molecule has 0 radical (unpaired) electrons. The Kier molecular flexibility index (Phi) is 4.13. The average Bonchev–Trinajstić information content (AvgIpc) is 3.34. The summed E-state index contributed by atoms with van der Waals surface area (Å²) in [5.41, 5.74) is 3.84. The Morgan fingerprint density at radius 1 is 0.828 bits per heavy atom. The Hall–Kier alpha value is -3.87. The van der Waals surface area contributed by atoms with E-state index in [-0.39, 0.29) is 11.6 Å². The van der Waals surface area contributed by atoms with Crippen LogP contribution in [0.1, 0.15) is 5.69 Å². The molecule has 5 aromatic rings. The Morgan fingerprint density at radius 2 is 1.66 bits per heavy atom. The Labute approximate surface area is 164 Å². The lowest BCUT2D eigenvalue weighted by Crippen LogP contribution is -2.03. The summed E-state index contributed by atoms with van der Waals surface area (Å²) in [7, 11) is 0. The summed E-state index contributed by atoms with van der Waals surface area (Å²) < 4.78 is 30.5. The SMILES string of the molecule is Fc1ccc(-n2cc(Cn3c(-c4cccc(F)c4)nc4ccccc43)nn2)cc1. The summed E-state index contributed by atoms with van der Waals surface area (Å²) in [5.74, 6) is 0.0316. The summed E-state index contributed by atoms with van der Waals surface area (Å²) in [5, 5.41) is 8.39. The van der Waals surface area contributed by atoms with E-state index in [1.54, 1.807) is 29.1 Å². The summed E-state index contributed by atoms with van der Waals surface area (Å²) in [4.78, 5) is 4.69. The summed E-state index contributed by atoms with van der Waals surface area (Å²) in [6.45, 7) is 0.410. The zero-order valence-corrected chi connectivity index (χ0v) is 15.2. The normalized spacial score (nSPS) is 11.2. The third-order valence-corrected chi connectivity index (χ3v) is 4.69. The first kappa shape index (κ1) is 17.2. The molecule has 0 spiro atoms. The van der Waals surface area contributed by atoms with Crippen LogP contribution in [0.25, 0.3) is 28.1 Å². The van der Waals surface area contributed by atoms with E-state index in [1.807, 2.05) is 34.9 Å². The molecular weight excluding hydrogens is 372 g/mol. The molecule has 2 heterocycles. The van der Waals surface area contributed by atoms with E-state index in [2.05, 4.69) is 10.3 Å². The molecule has 3 aromatic carbocycles. The van der Waals surface area contributed by atoms with Gasteiger partial charge < -0.3 is 4.57 Å². The van der Waals surface area contributed by atoms with Gasteiger partial charge in [0.15, 0.2) is 0 Å². The largest absolute Gasteiger partial charge is 0.318 e. The highest BCUT2D eigenvalue weighted by atomic mass is 19.1. The molecular formula is C22H15F2N5. The average molecular weight is 387 g/mol. The molecule has 0 fully saturated rings. The standard InChI is InChI=1S/C22H15F2N5/c23-16-8-10-19(11-9-16)29-14-18(26-27-29)13-28-21-7-2-1-6-20(21)25-22(28)15-4-3-5-17(24)12-15/h1-12,14H,13H2. The zero-order valence-electron chi connectivity index (χ0n) is 15.2. The van der Waals surface area contributed by atoms with Crippen molar-refractivity contribution < 1.29 is 8.78 Å². The first-order valence-electron chi connectivity index (χ1n) is 9.06. The minimum absolute atomic E-state index is 0.307. The number of benzene rings is 3. The van der Waals surface area contributed by atoms with Crippen LogP contribution in [-0.2, 0) is 6.54 Å². The van der Waals surface area contributed by atoms with Crippen LogP contribution in [0.15, 0.2) is 79.0 Å². The van der Waals surface area contributed by atoms with Gasteiger partial charge in [-0.05, 0) is 48.5 Å². The molecule has 29 heavy (non-hydrogen) atoms. The van der Waals surface area contributed by atoms with Crippen LogP contribution in [0, 0.1) is 11.6 Å². The minimum atomic E-state index is -0.316. The van der Waals surface area contributed by atoms with Gasteiger partial charge in [-0.1, -0.05) is 29.5 Å². The summed E-state index contributed by atoms with van der Waals surface area (Å²) in [6, 6.07) is 20.1. The van der Waals surface area contributed by atoms with Crippen molar-refractivity contribution in [3.05, 3.63) is 96.3 Å². The molecule has 0 saturated carbocycles. The molecule has 0 atom stereocenters. The predicted octanol–water partition coefficient (Wildman–Crippen LogP) is 4.61. The van der Waals surface area contributed by atoms with Crippen molar-refractivity contribution in [1.29, 1.82) is 0 Å². The van der Waals surface area contributed by atoms with Gasteiger partial charge in [0.05, 0.1) is 29.5 Å². The number of para-hydroxylation sites is 2. The first-order chi connectivity index (χ1) is 14.2. The van der Waals surface area contributed by atoms with Gasteiger partial charge in [-0.2, -0.15) is 0 Å². The Bertz CT molecular complexity index is 1300. The number of nitrogens with zero attached hydrogens (tertiary/aromatic N) is 5. The van der Waals surface area contributed by atoms with Gasteiger partial charge in [0.2, 0.25) is 0 Å².